The molecule has 0 bridgehead atoms. The summed E-state index contributed by atoms with van der Waals surface area (Å²) < 4.78 is 36.9. The molecule has 7 heteroatoms. The molecule has 7 nitrogen and oxygen atoms in total. The summed E-state index contributed by atoms with van der Waals surface area (Å²) in [5.41, 5.74) is 0. The molecule has 3 saturated heterocycles. The largest absolute Gasteiger partial charge is 0.453 e. The first-order valence-corrected chi connectivity index (χ1v) is 10.8. The summed E-state index contributed by atoms with van der Waals surface area (Å²) in [6, 6.07) is 0. The molecule has 5 atom stereocenters. The molecule has 0 radical (unpaired) electrons. The highest BCUT2D eigenvalue weighted by Gasteiger charge is 2.62. The molecular formula is C21H30O7. The topological polar surface area (TPSA) is 72.5 Å². The highest BCUT2D eigenvalue weighted by atomic mass is 16.9. The van der Waals surface area contributed by atoms with Crippen molar-refractivity contribution in [3.05, 3.63) is 12.7 Å². The minimum Gasteiger partial charge on any atom is -0.453 e. The lowest BCUT2D eigenvalue weighted by atomic mass is 9.94. The minimum absolute atomic E-state index is 0.305. The van der Waals surface area contributed by atoms with E-state index in [0.29, 0.717) is 6.61 Å². The number of hydrogen-bond donors (Lipinski definition) is 0. The second kappa shape index (κ2) is 7.36. The fourth-order valence-corrected chi connectivity index (χ4v) is 5.39. The number of ether oxygens (including phenoxy) is 6. The van der Waals surface area contributed by atoms with Gasteiger partial charge in [-0.3, -0.25) is 0 Å². The molecule has 0 aromatic heterocycles. The van der Waals surface area contributed by atoms with Crippen molar-refractivity contribution in [3.8, 4) is 0 Å². The van der Waals surface area contributed by atoms with Gasteiger partial charge in [0, 0.05) is 31.8 Å². The number of fused-ring (bicyclic) bond motifs is 1. The van der Waals surface area contributed by atoms with E-state index in [1.165, 1.54) is 18.9 Å². The smallest absolute Gasteiger partial charge is 0.330 e. The normalized spacial score (nSPS) is 41.2. The Labute approximate surface area is 165 Å². The van der Waals surface area contributed by atoms with Crippen molar-refractivity contribution in [2.75, 3.05) is 6.61 Å². The third-order valence-corrected chi connectivity index (χ3v) is 6.78. The Balaban J connectivity index is 1.32. The highest BCUT2D eigenvalue weighted by Crippen LogP contribution is 2.48. The van der Waals surface area contributed by atoms with Gasteiger partial charge in [-0.1, -0.05) is 19.4 Å². The predicted octanol–water partition coefficient (Wildman–Crippen LogP) is 2.96. The van der Waals surface area contributed by atoms with Gasteiger partial charge in [0.2, 0.25) is 0 Å². The van der Waals surface area contributed by atoms with Crippen LogP contribution in [0.1, 0.15) is 64.2 Å². The van der Waals surface area contributed by atoms with Gasteiger partial charge < -0.3 is 28.4 Å². The van der Waals surface area contributed by atoms with Gasteiger partial charge in [-0.05, 0) is 25.7 Å². The minimum atomic E-state index is -0.602. The Bertz CT molecular complexity index is 608. The predicted molar refractivity (Wildman–Crippen MR) is 97.2 cm³/mol. The van der Waals surface area contributed by atoms with E-state index < -0.39 is 42.1 Å². The van der Waals surface area contributed by atoms with E-state index in [1.54, 1.807) is 0 Å². The monoisotopic (exact) mass is 394 g/mol. The van der Waals surface area contributed by atoms with Crippen molar-refractivity contribution in [1.29, 1.82) is 0 Å². The number of rotatable bonds is 3. The number of carbonyl (C=O) groups is 1. The summed E-state index contributed by atoms with van der Waals surface area (Å²) in [5, 5.41) is 0. The van der Waals surface area contributed by atoms with Crippen LogP contribution in [-0.4, -0.2) is 54.9 Å². The molecule has 0 aromatic carbocycles. The average Bonchev–Trinajstić information content (AvgIpc) is 3.36. The molecule has 5 fully saturated rings. The van der Waals surface area contributed by atoms with Crippen LogP contribution in [-0.2, 0) is 33.2 Å². The van der Waals surface area contributed by atoms with E-state index in [1.807, 2.05) is 0 Å². The number of carbonyl (C=O) groups excluding carboxylic acids is 1. The van der Waals surface area contributed by atoms with Crippen LogP contribution in [0.25, 0.3) is 0 Å². The van der Waals surface area contributed by atoms with Crippen molar-refractivity contribution < 1.29 is 33.2 Å². The third kappa shape index (κ3) is 3.31. The average molecular weight is 394 g/mol. The Morgan fingerprint density at radius 3 is 2.25 bits per heavy atom. The lowest BCUT2D eigenvalue weighted by molar-refractivity contribution is -0.261. The summed E-state index contributed by atoms with van der Waals surface area (Å²) in [6.45, 7) is 3.95. The Kier molecular flexibility index (Phi) is 5.00. The molecule has 0 aromatic rings. The van der Waals surface area contributed by atoms with Crippen LogP contribution in [0.2, 0.25) is 0 Å². The van der Waals surface area contributed by atoms with E-state index in [-0.39, 0.29) is 6.10 Å². The van der Waals surface area contributed by atoms with Crippen molar-refractivity contribution in [2.24, 2.45) is 0 Å². The highest BCUT2D eigenvalue weighted by molar-refractivity contribution is 5.81. The molecule has 2 aliphatic carbocycles. The third-order valence-electron chi connectivity index (χ3n) is 6.78. The van der Waals surface area contributed by atoms with Crippen LogP contribution in [0, 0.1) is 0 Å². The molecule has 5 rings (SSSR count). The van der Waals surface area contributed by atoms with Crippen LogP contribution in [0.4, 0.5) is 0 Å². The summed E-state index contributed by atoms with van der Waals surface area (Å²) in [7, 11) is 0. The molecule has 0 amide bonds. The van der Waals surface area contributed by atoms with Gasteiger partial charge >= 0.3 is 5.97 Å². The summed E-state index contributed by atoms with van der Waals surface area (Å²) in [4.78, 5) is 12.0. The van der Waals surface area contributed by atoms with Gasteiger partial charge in [-0.25, -0.2) is 4.79 Å². The van der Waals surface area contributed by atoms with Crippen molar-refractivity contribution in [2.45, 2.75) is 106 Å². The Morgan fingerprint density at radius 1 is 0.893 bits per heavy atom. The first-order chi connectivity index (χ1) is 13.6. The first kappa shape index (κ1) is 19.0. The fraction of sp³-hybridized carbons (Fsp3) is 0.857. The lowest BCUT2D eigenvalue weighted by Crippen LogP contribution is -2.46. The molecule has 0 unspecified atom stereocenters. The van der Waals surface area contributed by atoms with Gasteiger partial charge in [-0.15, -0.1) is 0 Å². The first-order valence-electron chi connectivity index (χ1n) is 10.8. The van der Waals surface area contributed by atoms with Crippen molar-refractivity contribution >= 4 is 5.97 Å². The summed E-state index contributed by atoms with van der Waals surface area (Å²) in [5.74, 6) is -1.60. The quantitative estimate of drug-likeness (QED) is 0.538. The summed E-state index contributed by atoms with van der Waals surface area (Å²) >= 11 is 0. The zero-order chi connectivity index (χ0) is 19.2. The maximum atomic E-state index is 12.0. The Morgan fingerprint density at radius 2 is 1.57 bits per heavy atom. The van der Waals surface area contributed by atoms with Crippen LogP contribution < -0.4 is 0 Å². The molecule has 3 heterocycles. The van der Waals surface area contributed by atoms with Crippen molar-refractivity contribution in [1.82, 2.24) is 0 Å². The van der Waals surface area contributed by atoms with E-state index in [9.17, 15) is 4.79 Å². The molecule has 2 saturated carbocycles. The number of esters is 1. The number of hydrogen-bond acceptors (Lipinski definition) is 7. The zero-order valence-corrected chi connectivity index (χ0v) is 16.3. The van der Waals surface area contributed by atoms with Gasteiger partial charge in [0.25, 0.3) is 0 Å². The van der Waals surface area contributed by atoms with Crippen LogP contribution in [0.5, 0.6) is 0 Å². The molecule has 28 heavy (non-hydrogen) atoms. The molecule has 2 spiro atoms. The second-order valence-electron chi connectivity index (χ2n) is 8.69. The molecule has 0 N–H and O–H groups in total. The SMILES string of the molecule is C=CC(=O)O[C@@H]1[C@H]2OC3(CCCCC3)O[C@H]2O[C@@H]1[C@H]1COC2(CCCCC2)O1. The molecular weight excluding hydrogens is 364 g/mol. The fourth-order valence-electron chi connectivity index (χ4n) is 5.39. The zero-order valence-electron chi connectivity index (χ0n) is 16.3. The molecule has 156 valence electrons. The molecule has 5 aliphatic rings. The second-order valence-corrected chi connectivity index (χ2v) is 8.69. The van der Waals surface area contributed by atoms with Gasteiger partial charge in [0.1, 0.15) is 12.2 Å². The summed E-state index contributed by atoms with van der Waals surface area (Å²) in [6.07, 6.45) is 9.07. The van der Waals surface area contributed by atoms with E-state index in [0.717, 1.165) is 51.4 Å². The van der Waals surface area contributed by atoms with Gasteiger partial charge in [-0.2, -0.15) is 0 Å². The van der Waals surface area contributed by atoms with Gasteiger partial charge in [0.05, 0.1) is 6.61 Å². The Hall–Kier alpha value is -0.990. The van der Waals surface area contributed by atoms with Crippen LogP contribution >= 0.6 is 0 Å². The van der Waals surface area contributed by atoms with Gasteiger partial charge in [0.15, 0.2) is 30.1 Å². The van der Waals surface area contributed by atoms with E-state index in [2.05, 4.69) is 6.58 Å². The lowest BCUT2D eigenvalue weighted by Gasteiger charge is -2.35. The van der Waals surface area contributed by atoms with Crippen LogP contribution in [0.3, 0.4) is 0 Å². The standard InChI is InChI=1S/C21H30O7/c1-2-15(22)24-17-16(14-13-23-20(26-14)9-5-3-6-10-20)25-19-18(17)27-21(28-19)11-7-4-8-12-21/h2,14,16-19H,1,3-13H2/t14-,16-,17+,18-,19-/m1/s1. The maximum absolute atomic E-state index is 12.0. The van der Waals surface area contributed by atoms with E-state index in [4.69, 9.17) is 28.4 Å². The van der Waals surface area contributed by atoms with Crippen molar-refractivity contribution in [3.63, 3.8) is 0 Å². The molecule has 3 aliphatic heterocycles. The van der Waals surface area contributed by atoms with E-state index >= 15 is 0 Å². The van der Waals surface area contributed by atoms with Crippen LogP contribution in [0.15, 0.2) is 12.7 Å². The maximum Gasteiger partial charge on any atom is 0.330 e.